The second-order valence-electron chi connectivity index (χ2n) is 13.8. The van der Waals surface area contributed by atoms with E-state index in [9.17, 15) is 24.0 Å². The van der Waals surface area contributed by atoms with Crippen LogP contribution in [-0.2, 0) is 51.1 Å². The van der Waals surface area contributed by atoms with Gasteiger partial charge in [0.25, 0.3) is 5.56 Å². The van der Waals surface area contributed by atoms with Crippen LogP contribution >= 0.6 is 0 Å². The number of ketones is 1. The molecule has 2 aliphatic heterocycles. The summed E-state index contributed by atoms with van der Waals surface area (Å²) in [6, 6.07) is 19.3. The minimum absolute atomic E-state index is 0.0362. The van der Waals surface area contributed by atoms with E-state index in [4.69, 9.17) is 18.7 Å². The van der Waals surface area contributed by atoms with Gasteiger partial charge in [-0.2, -0.15) is 14.7 Å². The van der Waals surface area contributed by atoms with Gasteiger partial charge in [-0.05, 0) is 54.2 Å². The molecule has 2 saturated heterocycles. The molecule has 2 fully saturated rings. The first-order valence-corrected chi connectivity index (χ1v) is 18.9. The quantitative estimate of drug-likeness (QED) is 0.114. The van der Waals surface area contributed by atoms with Crippen LogP contribution in [0.5, 0.6) is 0 Å². The highest BCUT2D eigenvalue weighted by atomic mass is 16.6. The number of aryl methyl sites for hydroxylation is 2. The number of amides is 2. The third kappa shape index (κ3) is 10.8. The number of Topliss-reactive ketones (excluding diaryl/α,β-unsaturated/α-hetero) is 1. The minimum atomic E-state index is -0.563. The van der Waals surface area contributed by atoms with Crippen LogP contribution in [0.1, 0.15) is 85.6 Å². The average molecular weight is 800 g/mol. The molecule has 58 heavy (non-hydrogen) atoms. The van der Waals surface area contributed by atoms with Crippen molar-refractivity contribution in [2.45, 2.75) is 70.2 Å². The molecule has 4 atom stereocenters. The predicted molar refractivity (Wildman–Crippen MR) is 200 cm³/mol. The van der Waals surface area contributed by atoms with Crippen molar-refractivity contribution in [3.05, 3.63) is 106 Å². The number of ether oxygens (including phenoxy) is 3. The van der Waals surface area contributed by atoms with Crippen molar-refractivity contribution in [1.82, 2.24) is 55.4 Å². The fraction of sp³-hybridized carbons (Fsp3) is 0.447. The summed E-state index contributed by atoms with van der Waals surface area (Å²) in [4.78, 5) is 66.9. The largest absolute Gasteiger partial charge is 0.466 e. The Bertz CT molecular complexity index is 2190. The smallest absolute Gasteiger partial charge is 0.410 e. The topological polar surface area (TPSA) is 236 Å². The van der Waals surface area contributed by atoms with Gasteiger partial charge in [-0.1, -0.05) is 60.7 Å². The molecule has 0 aliphatic carbocycles. The van der Waals surface area contributed by atoms with E-state index >= 15 is 0 Å². The van der Waals surface area contributed by atoms with Crippen LogP contribution in [0.25, 0.3) is 0 Å². The van der Waals surface area contributed by atoms with Gasteiger partial charge in [0.05, 0.1) is 32.8 Å². The molecule has 0 spiro atoms. The normalized spacial score (nSPS) is 19.1. The van der Waals surface area contributed by atoms with Crippen molar-refractivity contribution in [2.75, 3.05) is 19.7 Å². The summed E-state index contributed by atoms with van der Waals surface area (Å²) in [5.74, 6) is 0.147. The van der Waals surface area contributed by atoms with E-state index in [-0.39, 0.29) is 50.0 Å². The molecule has 20 nitrogen and oxygen atoms in total. The molecule has 0 bridgehead atoms. The molecule has 0 radical (unpaired) electrons. The first-order chi connectivity index (χ1) is 28.1. The lowest BCUT2D eigenvalue weighted by molar-refractivity contribution is -0.146. The van der Waals surface area contributed by atoms with Crippen LogP contribution in [0.2, 0.25) is 0 Å². The molecular weight excluding hydrogens is 754 g/mol. The minimum Gasteiger partial charge on any atom is -0.466 e. The molecule has 2 aliphatic rings. The number of carbonyl (C=O) groups is 4. The van der Waals surface area contributed by atoms with Gasteiger partial charge in [0, 0.05) is 31.0 Å². The highest BCUT2D eigenvalue weighted by Crippen LogP contribution is 2.38. The van der Waals surface area contributed by atoms with E-state index in [1.165, 1.54) is 20.6 Å². The lowest BCUT2D eigenvalue weighted by Gasteiger charge is -2.36. The fourth-order valence-electron chi connectivity index (χ4n) is 6.87. The lowest BCUT2D eigenvalue weighted by Crippen LogP contribution is -2.43. The SMILES string of the molecule is CCOC(=O)CC(=O)C1CCN(C(=O)OCc2ccccc2)C(c2nnn(C)n2)C1.Cn1nnc(C2CC(c3cc(=O)[nH]o3)CCN2C(=O)OCc2ccccc2)n1. The molecule has 5 aromatic rings. The van der Waals surface area contributed by atoms with E-state index in [1.54, 1.807) is 25.9 Å². The second-order valence-corrected chi connectivity index (χ2v) is 13.8. The Labute approximate surface area is 332 Å². The van der Waals surface area contributed by atoms with Crippen LogP contribution in [0.15, 0.2) is 76.0 Å². The van der Waals surface area contributed by atoms with Gasteiger partial charge in [0.2, 0.25) is 0 Å². The number of nitrogens with zero attached hydrogens (tertiary/aromatic N) is 10. The van der Waals surface area contributed by atoms with Crippen molar-refractivity contribution in [3.8, 4) is 0 Å². The standard InChI is InChI=1S/C20H25N5O5.C18H20N6O4/c1-3-29-18(27)12-17(26)15-9-10-25(16(11-15)19-21-23-24(2)22-19)20(28)30-13-14-7-5-4-6-8-14;1-23-20-17(19-22-23)14-9-13(15-10-16(25)21-28-15)7-8-24(14)18(26)27-11-12-5-3-2-4-6-12/h4-8,15-16H,3,9-13H2,1-2H3;2-6,10,13-14H,7-9,11H2,1H3,(H,21,25). The Morgan fingerprint density at radius 2 is 1.29 bits per heavy atom. The summed E-state index contributed by atoms with van der Waals surface area (Å²) in [6.45, 7) is 2.96. The van der Waals surface area contributed by atoms with Gasteiger partial charge in [-0.25, -0.2) is 9.59 Å². The molecule has 7 rings (SSSR count). The van der Waals surface area contributed by atoms with Crippen LogP contribution in [-0.4, -0.2) is 99.0 Å². The number of aromatic amines is 1. The number of hydrogen-bond donors (Lipinski definition) is 1. The monoisotopic (exact) mass is 799 g/mol. The Balaban J connectivity index is 0.000000196. The van der Waals surface area contributed by atoms with Gasteiger partial charge in [0.15, 0.2) is 11.6 Å². The summed E-state index contributed by atoms with van der Waals surface area (Å²) >= 11 is 0. The zero-order valence-corrected chi connectivity index (χ0v) is 32.4. The van der Waals surface area contributed by atoms with Crippen molar-refractivity contribution >= 4 is 23.9 Å². The van der Waals surface area contributed by atoms with Gasteiger partial charge in [0.1, 0.15) is 31.2 Å². The Morgan fingerprint density at radius 1 is 0.759 bits per heavy atom. The predicted octanol–water partition coefficient (Wildman–Crippen LogP) is 3.57. The number of aromatic nitrogens is 9. The number of carbonyl (C=O) groups excluding carboxylic acids is 4. The molecule has 4 unspecified atom stereocenters. The van der Waals surface area contributed by atoms with E-state index in [0.717, 1.165) is 11.1 Å². The molecule has 1 N–H and O–H groups in total. The number of hydrogen-bond acceptors (Lipinski definition) is 15. The summed E-state index contributed by atoms with van der Waals surface area (Å²) in [6.07, 6.45) is 0.644. The van der Waals surface area contributed by atoms with Gasteiger partial charge in [-0.15, -0.1) is 20.4 Å². The molecule has 2 amide bonds. The van der Waals surface area contributed by atoms with Crippen LogP contribution in [0.4, 0.5) is 9.59 Å². The van der Waals surface area contributed by atoms with Crippen molar-refractivity contribution in [2.24, 2.45) is 20.0 Å². The van der Waals surface area contributed by atoms with E-state index in [1.807, 2.05) is 60.7 Å². The maximum atomic E-state index is 12.8. The molecule has 5 heterocycles. The van der Waals surface area contributed by atoms with Crippen molar-refractivity contribution < 1.29 is 37.9 Å². The zero-order valence-electron chi connectivity index (χ0n) is 32.4. The number of esters is 1. The average Bonchev–Trinajstić information content (AvgIpc) is 4.00. The van der Waals surface area contributed by atoms with Crippen LogP contribution in [0.3, 0.4) is 0 Å². The molecule has 2 aromatic carbocycles. The number of piperidine rings is 2. The third-order valence-corrected chi connectivity index (χ3v) is 9.75. The summed E-state index contributed by atoms with van der Waals surface area (Å²) in [7, 11) is 3.29. The summed E-state index contributed by atoms with van der Waals surface area (Å²) in [5.41, 5.74) is 1.50. The fourth-order valence-corrected chi connectivity index (χ4v) is 6.87. The zero-order chi connectivity index (χ0) is 41.0. The molecule has 20 heteroatoms. The molecule has 306 valence electrons. The summed E-state index contributed by atoms with van der Waals surface area (Å²) < 4.78 is 21.1. The van der Waals surface area contributed by atoms with Crippen LogP contribution in [0, 0.1) is 5.92 Å². The highest BCUT2D eigenvalue weighted by Gasteiger charge is 2.40. The van der Waals surface area contributed by atoms with E-state index in [2.05, 4.69) is 36.0 Å². The Morgan fingerprint density at radius 3 is 1.78 bits per heavy atom. The number of tetrazole rings is 2. The maximum Gasteiger partial charge on any atom is 0.410 e. The van der Waals surface area contributed by atoms with Crippen molar-refractivity contribution in [3.63, 3.8) is 0 Å². The lowest BCUT2D eigenvalue weighted by atomic mass is 9.86. The number of benzene rings is 2. The Hall–Kier alpha value is -6.73. The van der Waals surface area contributed by atoms with Crippen molar-refractivity contribution in [1.29, 1.82) is 0 Å². The number of nitrogens with one attached hydrogen (secondary N) is 1. The summed E-state index contributed by atoms with van der Waals surface area (Å²) in [5, 5.41) is 26.6. The molecule has 0 saturated carbocycles. The van der Waals surface area contributed by atoms with Gasteiger partial charge in [-0.3, -0.25) is 24.2 Å². The third-order valence-electron chi connectivity index (χ3n) is 9.75. The Kier molecular flexibility index (Phi) is 13.7. The highest BCUT2D eigenvalue weighted by molar-refractivity contribution is 5.97. The first kappa shape index (κ1) is 40.9. The maximum absolute atomic E-state index is 12.8. The second kappa shape index (κ2) is 19.4. The van der Waals surface area contributed by atoms with Crippen LogP contribution < -0.4 is 5.56 Å². The number of likely N-dealkylation sites (tertiary alicyclic amines) is 2. The molecular formula is C38H45N11O9. The first-order valence-electron chi connectivity index (χ1n) is 18.9. The van der Waals surface area contributed by atoms with E-state index in [0.29, 0.717) is 49.6 Å². The van der Waals surface area contributed by atoms with E-state index < -0.39 is 36.2 Å². The number of H-pyrrole nitrogens is 1. The number of rotatable bonds is 11. The van der Waals surface area contributed by atoms with Gasteiger partial charge >= 0.3 is 18.2 Å². The van der Waals surface area contributed by atoms with Gasteiger partial charge < -0.3 is 18.7 Å². The molecule has 3 aromatic heterocycles.